The van der Waals surface area contributed by atoms with Crippen LogP contribution in [0.25, 0.3) is 0 Å². The fourth-order valence-corrected chi connectivity index (χ4v) is 4.15. The van der Waals surface area contributed by atoms with Crippen LogP contribution in [0, 0.1) is 0 Å². The lowest BCUT2D eigenvalue weighted by Gasteiger charge is -2.47. The van der Waals surface area contributed by atoms with Gasteiger partial charge in [-0.3, -0.25) is 9.89 Å². The van der Waals surface area contributed by atoms with Gasteiger partial charge in [-0.25, -0.2) is 0 Å². The number of halogens is 1. The van der Waals surface area contributed by atoms with Crippen molar-refractivity contribution in [2.45, 2.75) is 44.1 Å². The minimum atomic E-state index is 0. The maximum absolute atomic E-state index is 5.58. The van der Waals surface area contributed by atoms with Gasteiger partial charge in [0.1, 0.15) is 5.76 Å². The van der Waals surface area contributed by atoms with E-state index in [1.807, 2.05) is 18.2 Å². The molecular weight excluding hydrogens is 467 g/mol. The topological polar surface area (TPSA) is 62.0 Å². The van der Waals surface area contributed by atoms with E-state index in [1.165, 1.54) is 32.1 Å². The van der Waals surface area contributed by atoms with Gasteiger partial charge in [-0.2, -0.15) is 0 Å². The molecule has 3 rings (SSSR count). The summed E-state index contributed by atoms with van der Waals surface area (Å²) in [6.07, 6.45) is 10.8. The van der Waals surface area contributed by atoms with Crippen LogP contribution in [0.3, 0.4) is 0 Å². The Bertz CT molecular complexity index is 579. The molecule has 2 aliphatic rings. The highest BCUT2D eigenvalue weighted by Gasteiger charge is 2.38. The number of rotatable bonds is 8. The molecule has 1 aliphatic heterocycles. The molecule has 28 heavy (non-hydrogen) atoms. The summed E-state index contributed by atoms with van der Waals surface area (Å²) in [7, 11) is 0. The maximum atomic E-state index is 5.58. The van der Waals surface area contributed by atoms with Crippen molar-refractivity contribution in [1.29, 1.82) is 0 Å². The lowest BCUT2D eigenvalue weighted by Crippen LogP contribution is -2.56. The Labute approximate surface area is 186 Å². The zero-order valence-electron chi connectivity index (χ0n) is 16.8. The van der Waals surface area contributed by atoms with E-state index in [0.717, 1.165) is 57.5 Å². The van der Waals surface area contributed by atoms with E-state index in [4.69, 9.17) is 14.1 Å². The Hall–Kier alpha value is -1.06. The normalized spacial score (nSPS) is 20.2. The summed E-state index contributed by atoms with van der Waals surface area (Å²) < 4.78 is 11.0. The van der Waals surface area contributed by atoms with Crippen molar-refractivity contribution in [3.05, 3.63) is 36.8 Å². The second-order valence-electron chi connectivity index (χ2n) is 7.47. The molecule has 2 fully saturated rings. The molecule has 1 aliphatic carbocycles. The predicted octanol–water partition coefficient (Wildman–Crippen LogP) is 3.20. The minimum Gasteiger partial charge on any atom is -0.469 e. The Balaban J connectivity index is 0.00000280. The average molecular weight is 502 g/mol. The van der Waals surface area contributed by atoms with E-state index in [1.54, 1.807) is 6.26 Å². The molecule has 1 saturated carbocycles. The molecule has 0 aromatic carbocycles. The lowest BCUT2D eigenvalue weighted by molar-refractivity contribution is -0.0333. The highest BCUT2D eigenvalue weighted by molar-refractivity contribution is 14.0. The number of hydrogen-bond donors (Lipinski definition) is 2. The minimum absolute atomic E-state index is 0. The summed E-state index contributed by atoms with van der Waals surface area (Å²) in [5.41, 5.74) is 0.186. The number of morpholine rings is 1. The fourth-order valence-electron chi connectivity index (χ4n) is 4.15. The molecule has 2 N–H and O–H groups in total. The standard InChI is InChI=1S/C21H34N4O2.HI/c1-2-11-22-20(23-12-8-19-7-6-15-27-19)24-18-21(9-4-3-5-10-21)25-13-16-26-17-14-25;/h2,6-7,15H,1,3-5,8-14,16-18H2,(H2,22,23,24);1H. The summed E-state index contributed by atoms with van der Waals surface area (Å²) in [4.78, 5) is 7.62. The first-order valence-corrected chi connectivity index (χ1v) is 10.3. The first-order valence-electron chi connectivity index (χ1n) is 10.3. The van der Waals surface area contributed by atoms with Gasteiger partial charge in [0.15, 0.2) is 5.96 Å². The molecule has 0 spiro atoms. The largest absolute Gasteiger partial charge is 0.469 e. The van der Waals surface area contributed by atoms with Crippen LogP contribution in [0.15, 0.2) is 40.5 Å². The number of aliphatic imine (C=N–C) groups is 1. The Morgan fingerprint density at radius 1 is 1.21 bits per heavy atom. The molecule has 0 radical (unpaired) electrons. The van der Waals surface area contributed by atoms with Crippen molar-refractivity contribution in [3.8, 4) is 0 Å². The van der Waals surface area contributed by atoms with E-state index in [-0.39, 0.29) is 29.5 Å². The highest BCUT2D eigenvalue weighted by Crippen LogP contribution is 2.34. The van der Waals surface area contributed by atoms with E-state index in [0.29, 0.717) is 6.54 Å². The van der Waals surface area contributed by atoms with E-state index in [9.17, 15) is 0 Å². The van der Waals surface area contributed by atoms with Crippen molar-refractivity contribution in [1.82, 2.24) is 15.5 Å². The molecule has 1 aromatic heterocycles. The SMILES string of the molecule is C=CCNC(=NCC1(N2CCOCC2)CCCCC1)NCCc1ccco1.I. The number of furan rings is 1. The van der Waals surface area contributed by atoms with Crippen LogP contribution in [0.5, 0.6) is 0 Å². The number of guanidine groups is 1. The van der Waals surface area contributed by atoms with E-state index in [2.05, 4.69) is 22.1 Å². The zero-order chi connectivity index (χ0) is 18.8. The Morgan fingerprint density at radius 2 is 2.00 bits per heavy atom. The molecular formula is C21H35IN4O2. The van der Waals surface area contributed by atoms with Gasteiger partial charge < -0.3 is 19.8 Å². The lowest BCUT2D eigenvalue weighted by atomic mass is 9.80. The molecule has 1 aromatic rings. The van der Waals surface area contributed by atoms with Crippen molar-refractivity contribution in [3.63, 3.8) is 0 Å². The van der Waals surface area contributed by atoms with Crippen molar-refractivity contribution in [2.24, 2.45) is 4.99 Å². The predicted molar refractivity (Wildman–Crippen MR) is 125 cm³/mol. The maximum Gasteiger partial charge on any atom is 0.191 e. The van der Waals surface area contributed by atoms with Crippen molar-refractivity contribution < 1.29 is 9.15 Å². The van der Waals surface area contributed by atoms with Gasteiger partial charge in [0.2, 0.25) is 0 Å². The van der Waals surface area contributed by atoms with E-state index >= 15 is 0 Å². The molecule has 2 heterocycles. The van der Waals surface area contributed by atoms with Gasteiger partial charge in [-0.15, -0.1) is 30.6 Å². The highest BCUT2D eigenvalue weighted by atomic mass is 127. The molecule has 0 unspecified atom stereocenters. The molecule has 0 atom stereocenters. The third-order valence-electron chi connectivity index (χ3n) is 5.66. The number of ether oxygens (including phenoxy) is 1. The third-order valence-corrected chi connectivity index (χ3v) is 5.66. The monoisotopic (exact) mass is 502 g/mol. The molecule has 0 amide bonds. The Morgan fingerprint density at radius 3 is 2.68 bits per heavy atom. The summed E-state index contributed by atoms with van der Waals surface area (Å²) in [5.74, 6) is 1.85. The number of nitrogens with zero attached hydrogens (tertiary/aromatic N) is 2. The summed E-state index contributed by atoms with van der Waals surface area (Å²) in [6.45, 7) is 9.87. The number of hydrogen-bond acceptors (Lipinski definition) is 4. The van der Waals surface area contributed by atoms with Crippen molar-refractivity contribution in [2.75, 3.05) is 45.9 Å². The van der Waals surface area contributed by atoms with Crippen LogP contribution in [0.2, 0.25) is 0 Å². The van der Waals surface area contributed by atoms with E-state index < -0.39 is 0 Å². The van der Waals surface area contributed by atoms with Crippen LogP contribution < -0.4 is 10.6 Å². The summed E-state index contributed by atoms with van der Waals surface area (Å²) in [5, 5.41) is 6.80. The summed E-state index contributed by atoms with van der Waals surface area (Å²) >= 11 is 0. The first kappa shape index (κ1) is 23.2. The second-order valence-corrected chi connectivity index (χ2v) is 7.47. The third kappa shape index (κ3) is 6.77. The van der Waals surface area contributed by atoms with Crippen LogP contribution in [-0.4, -0.2) is 62.3 Å². The zero-order valence-corrected chi connectivity index (χ0v) is 19.2. The van der Waals surface area contributed by atoms with Gasteiger partial charge >= 0.3 is 0 Å². The van der Waals surface area contributed by atoms with Gasteiger partial charge in [0, 0.05) is 38.1 Å². The fraction of sp³-hybridized carbons (Fsp3) is 0.667. The van der Waals surface area contributed by atoms with Crippen LogP contribution in [-0.2, 0) is 11.2 Å². The molecule has 158 valence electrons. The first-order chi connectivity index (χ1) is 13.3. The van der Waals surface area contributed by atoms with Gasteiger partial charge in [-0.1, -0.05) is 25.3 Å². The van der Waals surface area contributed by atoms with Crippen LogP contribution in [0.4, 0.5) is 0 Å². The summed E-state index contributed by atoms with van der Waals surface area (Å²) in [6, 6.07) is 3.93. The van der Waals surface area contributed by atoms with Crippen LogP contribution >= 0.6 is 24.0 Å². The molecule has 1 saturated heterocycles. The molecule has 7 heteroatoms. The van der Waals surface area contributed by atoms with Gasteiger partial charge in [0.05, 0.1) is 26.0 Å². The van der Waals surface area contributed by atoms with Crippen LogP contribution in [0.1, 0.15) is 37.9 Å². The average Bonchev–Trinajstić information content (AvgIpc) is 3.24. The Kier molecular flexibility index (Phi) is 10.4. The molecule has 6 nitrogen and oxygen atoms in total. The van der Waals surface area contributed by atoms with Gasteiger partial charge in [-0.05, 0) is 25.0 Å². The van der Waals surface area contributed by atoms with Gasteiger partial charge in [0.25, 0.3) is 0 Å². The quantitative estimate of drug-likeness (QED) is 0.248. The second kappa shape index (κ2) is 12.5. The molecule has 0 bridgehead atoms. The number of nitrogens with one attached hydrogen (secondary N) is 2. The smallest absolute Gasteiger partial charge is 0.191 e. The van der Waals surface area contributed by atoms with Crippen molar-refractivity contribution >= 4 is 29.9 Å².